The van der Waals surface area contributed by atoms with Crippen molar-refractivity contribution in [3.8, 4) is 0 Å². The van der Waals surface area contributed by atoms with Crippen LogP contribution in [-0.2, 0) is 46.6 Å². The van der Waals surface area contributed by atoms with E-state index in [1.165, 1.54) is 25.3 Å². The lowest BCUT2D eigenvalue weighted by atomic mass is 10.1. The van der Waals surface area contributed by atoms with Gasteiger partial charge in [0.05, 0.1) is 19.8 Å². The molecule has 14 nitrogen and oxygen atoms in total. The third-order valence-electron chi connectivity index (χ3n) is 8.23. The lowest BCUT2D eigenvalue weighted by molar-refractivity contribution is -0.161. The fourth-order valence-electron chi connectivity index (χ4n) is 5.02. The molecule has 0 saturated heterocycles. The number of allylic oxidation sites excluding steroid dienone is 14. The molecule has 0 saturated carbocycles. The summed E-state index contributed by atoms with van der Waals surface area (Å²) >= 11 is 0. The van der Waals surface area contributed by atoms with E-state index < -0.39 is 66.2 Å². The second kappa shape index (κ2) is 38.9. The Balaban J connectivity index is 4.76. The maximum absolute atomic E-state index is 12.6. The minimum Gasteiger partial charge on any atom is -0.462 e. The molecule has 0 aliphatic rings. The van der Waals surface area contributed by atoms with Gasteiger partial charge in [-0.1, -0.05) is 125 Å². The molecule has 0 spiro atoms. The smallest absolute Gasteiger partial charge is 0.462 e. The molecule has 16 heteroatoms. The highest BCUT2D eigenvalue weighted by Crippen LogP contribution is 2.43. The molecule has 0 aliphatic carbocycles. The minimum atomic E-state index is -4.89. The van der Waals surface area contributed by atoms with Crippen LogP contribution < -0.4 is 0 Å². The largest absolute Gasteiger partial charge is 0.472 e. The number of phosphoric ester groups is 2. The number of aliphatic hydroxyl groups excluding tert-OH is 1. The SMILES string of the molecule is CC/C=C\C/C=C\C/C=C\CCCCCCCC(=O)O[C@H](COC(=O)CCCC(=O)/C=C/C=C\C/C=C\C/C=C\CCCCC)COP(=O)(O)OC[C@@H](O)COP(=O)(O)O. The first-order valence-corrected chi connectivity index (χ1v) is 24.3. The van der Waals surface area contributed by atoms with Gasteiger partial charge < -0.3 is 29.3 Å². The zero-order chi connectivity index (χ0) is 44.6. The number of esters is 2. The second-order valence-electron chi connectivity index (χ2n) is 13.9. The molecule has 60 heavy (non-hydrogen) atoms. The maximum atomic E-state index is 12.6. The van der Waals surface area contributed by atoms with Crippen molar-refractivity contribution in [2.45, 2.75) is 148 Å². The third kappa shape index (κ3) is 41.7. The van der Waals surface area contributed by atoms with E-state index in [9.17, 15) is 33.5 Å². The van der Waals surface area contributed by atoms with Crippen LogP contribution in [0.5, 0.6) is 0 Å². The van der Waals surface area contributed by atoms with Crippen molar-refractivity contribution in [1.82, 2.24) is 0 Å². The van der Waals surface area contributed by atoms with E-state index in [0.717, 1.165) is 70.6 Å². The summed E-state index contributed by atoms with van der Waals surface area (Å²) in [5.74, 6) is -1.48. The number of unbranched alkanes of at least 4 members (excludes halogenated alkanes) is 8. The number of ketones is 1. The molecule has 0 bridgehead atoms. The van der Waals surface area contributed by atoms with E-state index in [1.54, 1.807) is 12.2 Å². The van der Waals surface area contributed by atoms with E-state index in [4.69, 9.17) is 23.8 Å². The molecule has 3 atom stereocenters. The summed E-state index contributed by atoms with van der Waals surface area (Å²) in [6.07, 6.45) is 40.1. The Kier molecular flexibility index (Phi) is 36.9. The number of rotatable bonds is 39. The van der Waals surface area contributed by atoms with Gasteiger partial charge in [0.1, 0.15) is 12.7 Å². The molecule has 4 N–H and O–H groups in total. The predicted molar refractivity (Wildman–Crippen MR) is 235 cm³/mol. The van der Waals surface area contributed by atoms with Crippen LogP contribution in [0.3, 0.4) is 0 Å². The topological polar surface area (TPSA) is 212 Å². The molecule has 0 aromatic carbocycles. The number of carbonyl (C=O) groups is 3. The number of hydrogen-bond donors (Lipinski definition) is 4. The lowest BCUT2D eigenvalue weighted by Gasteiger charge is -2.20. The predicted octanol–water partition coefficient (Wildman–Crippen LogP) is 9.96. The summed E-state index contributed by atoms with van der Waals surface area (Å²) in [4.78, 5) is 64.8. The van der Waals surface area contributed by atoms with Crippen molar-refractivity contribution < 1.29 is 66.3 Å². The molecule has 342 valence electrons. The van der Waals surface area contributed by atoms with Crippen LogP contribution in [-0.4, -0.2) is 76.1 Å². The summed E-state index contributed by atoms with van der Waals surface area (Å²) < 4.78 is 47.5. The van der Waals surface area contributed by atoms with Crippen LogP contribution in [0.2, 0.25) is 0 Å². The summed E-state index contributed by atoms with van der Waals surface area (Å²) in [6, 6.07) is 0. The summed E-state index contributed by atoms with van der Waals surface area (Å²) in [5.41, 5.74) is 0. The van der Waals surface area contributed by atoms with Gasteiger partial charge in [-0.25, -0.2) is 9.13 Å². The van der Waals surface area contributed by atoms with Crippen LogP contribution in [0.15, 0.2) is 85.1 Å². The van der Waals surface area contributed by atoms with Gasteiger partial charge >= 0.3 is 27.6 Å². The molecule has 0 heterocycles. The first-order valence-electron chi connectivity index (χ1n) is 21.2. The molecule has 0 aromatic heterocycles. The van der Waals surface area contributed by atoms with Gasteiger partial charge in [-0.05, 0) is 76.7 Å². The molecule has 0 aromatic rings. The molecular weight excluding hydrogens is 814 g/mol. The fourth-order valence-corrected chi connectivity index (χ4v) is 6.18. The van der Waals surface area contributed by atoms with E-state index >= 15 is 0 Å². The van der Waals surface area contributed by atoms with Gasteiger partial charge in [0.15, 0.2) is 11.9 Å². The normalized spacial score (nSPS) is 14.8. The Morgan fingerprint density at radius 1 is 0.550 bits per heavy atom. The number of hydrogen-bond acceptors (Lipinski definition) is 11. The maximum Gasteiger partial charge on any atom is 0.472 e. The summed E-state index contributed by atoms with van der Waals surface area (Å²) in [7, 11) is -9.76. The molecule has 0 rings (SSSR count). The van der Waals surface area contributed by atoms with Crippen LogP contribution >= 0.6 is 15.6 Å². The Bertz CT molecular complexity index is 1440. The highest BCUT2D eigenvalue weighted by molar-refractivity contribution is 7.47. The van der Waals surface area contributed by atoms with Gasteiger partial charge in [-0.3, -0.25) is 28.0 Å². The van der Waals surface area contributed by atoms with Crippen LogP contribution in [0, 0.1) is 0 Å². The Morgan fingerprint density at radius 2 is 1.08 bits per heavy atom. The molecule has 1 unspecified atom stereocenters. The van der Waals surface area contributed by atoms with Gasteiger partial charge in [-0.2, -0.15) is 0 Å². The van der Waals surface area contributed by atoms with Crippen molar-refractivity contribution in [3.05, 3.63) is 85.1 Å². The molecule has 0 fully saturated rings. The number of phosphoric acid groups is 2. The minimum absolute atomic E-state index is 0.0571. The van der Waals surface area contributed by atoms with Crippen molar-refractivity contribution in [3.63, 3.8) is 0 Å². The van der Waals surface area contributed by atoms with Crippen LogP contribution in [0.25, 0.3) is 0 Å². The zero-order valence-electron chi connectivity index (χ0n) is 35.8. The van der Waals surface area contributed by atoms with Crippen molar-refractivity contribution >= 4 is 33.4 Å². The molecule has 0 radical (unpaired) electrons. The molecule has 0 amide bonds. The Morgan fingerprint density at radius 3 is 1.72 bits per heavy atom. The lowest BCUT2D eigenvalue weighted by Crippen LogP contribution is -2.30. The van der Waals surface area contributed by atoms with Crippen LogP contribution in [0.1, 0.15) is 136 Å². The van der Waals surface area contributed by atoms with E-state index in [0.29, 0.717) is 6.42 Å². The van der Waals surface area contributed by atoms with Crippen LogP contribution in [0.4, 0.5) is 0 Å². The summed E-state index contributed by atoms with van der Waals surface area (Å²) in [6.45, 7) is 1.30. The molecular formula is C44H72O14P2. The van der Waals surface area contributed by atoms with E-state index in [1.807, 2.05) is 6.08 Å². The van der Waals surface area contributed by atoms with Crippen molar-refractivity contribution in [2.24, 2.45) is 0 Å². The molecule has 0 aliphatic heterocycles. The zero-order valence-corrected chi connectivity index (χ0v) is 37.6. The average Bonchev–Trinajstić information content (AvgIpc) is 3.20. The van der Waals surface area contributed by atoms with E-state index in [2.05, 4.69) is 83.7 Å². The van der Waals surface area contributed by atoms with Crippen molar-refractivity contribution in [1.29, 1.82) is 0 Å². The highest BCUT2D eigenvalue weighted by Gasteiger charge is 2.28. The Hall–Kier alpha value is -3.03. The monoisotopic (exact) mass is 886 g/mol. The first kappa shape index (κ1) is 57.0. The number of carbonyl (C=O) groups excluding carboxylic acids is 3. The second-order valence-corrected chi connectivity index (χ2v) is 16.6. The van der Waals surface area contributed by atoms with Crippen molar-refractivity contribution in [2.75, 3.05) is 26.4 Å². The van der Waals surface area contributed by atoms with Gasteiger partial charge in [-0.15, -0.1) is 0 Å². The quantitative estimate of drug-likeness (QED) is 0.0113. The first-order chi connectivity index (χ1) is 28.8. The van der Waals surface area contributed by atoms with E-state index in [-0.39, 0.29) is 31.5 Å². The Labute approximate surface area is 358 Å². The average molecular weight is 887 g/mol. The third-order valence-corrected chi connectivity index (χ3v) is 9.67. The van der Waals surface area contributed by atoms with Gasteiger partial charge in [0.25, 0.3) is 0 Å². The van der Waals surface area contributed by atoms with Gasteiger partial charge in [0, 0.05) is 19.3 Å². The fraction of sp³-hybridized carbons (Fsp3) is 0.614. The highest BCUT2D eigenvalue weighted by atomic mass is 31.2. The number of ether oxygens (including phenoxy) is 2. The van der Waals surface area contributed by atoms with Gasteiger partial charge in [0.2, 0.25) is 0 Å². The standard InChI is InChI=1S/C44H72O14P2/c1-3-5-7-9-11-13-15-17-18-20-22-24-26-28-30-34-44(48)58-42(39-57-60(52,53)56-37-41(46)36-55-59(49,50)51)38-54-43(47)35-31-33-40(45)32-29-27-25-23-21-19-16-14-12-10-8-6-4-2/h5,7,11-14,17-19,21,25,27,29,32,41-42,46H,3-4,6,8-10,15-16,20,22-24,26,28,30-31,33-39H2,1-2H3,(H,52,53)(H2,49,50,51)/b7-5-,13-11-,14-12-,18-17-,21-19-,27-25-,32-29+/t41-,42+/m0/s1. The summed E-state index contributed by atoms with van der Waals surface area (Å²) in [5, 5.41) is 9.73. The number of aliphatic hydroxyl groups is 1.